The number of esters is 1. The highest BCUT2D eigenvalue weighted by Gasteiger charge is 2.09. The minimum absolute atomic E-state index is 0.315. The van der Waals surface area contributed by atoms with E-state index in [2.05, 4.69) is 15.9 Å². The summed E-state index contributed by atoms with van der Waals surface area (Å²) in [5.41, 5.74) is 0.473. The molecule has 0 unspecified atom stereocenters. The number of carbonyl (C=O) groups is 1. The largest absolute Gasteiger partial charge is 0.481 e. The Morgan fingerprint density at radius 2 is 1.95 bits per heavy atom. The second kappa shape index (κ2) is 6.86. The summed E-state index contributed by atoms with van der Waals surface area (Å²) in [5.74, 6) is -0.348. The zero-order valence-electron chi connectivity index (χ0n) is 10.7. The lowest BCUT2D eigenvalue weighted by Gasteiger charge is -2.08. The second-order valence-electron chi connectivity index (χ2n) is 3.97. The van der Waals surface area contributed by atoms with Crippen LogP contribution in [0.3, 0.4) is 0 Å². The first-order valence-corrected chi connectivity index (χ1v) is 6.66. The van der Waals surface area contributed by atoms with Crippen LogP contribution in [0.25, 0.3) is 0 Å². The van der Waals surface area contributed by atoms with Gasteiger partial charge in [0.05, 0.1) is 16.1 Å². The van der Waals surface area contributed by atoms with Gasteiger partial charge in [-0.25, -0.2) is 9.18 Å². The molecule has 4 nitrogen and oxygen atoms in total. The molecule has 0 bridgehead atoms. The third-order valence-electron chi connectivity index (χ3n) is 2.45. The average molecular weight is 350 g/mol. The zero-order valence-corrected chi connectivity index (χ0v) is 12.3. The van der Waals surface area contributed by atoms with Crippen LogP contribution < -0.4 is 9.47 Å². The molecule has 0 atom stereocenters. The van der Waals surface area contributed by atoms with Crippen LogP contribution in [0.4, 0.5) is 4.39 Å². The van der Waals surface area contributed by atoms with Gasteiger partial charge in [-0.2, -0.15) is 5.26 Å². The first-order valence-electron chi connectivity index (χ1n) is 5.87. The maximum absolute atomic E-state index is 12.9. The fourth-order valence-corrected chi connectivity index (χ4v) is 1.95. The molecule has 0 spiro atoms. The number of nitrogens with zero attached hydrogens (tertiary/aromatic N) is 1. The lowest BCUT2D eigenvalue weighted by molar-refractivity contribution is -0.136. The highest BCUT2D eigenvalue weighted by atomic mass is 79.9. The summed E-state index contributed by atoms with van der Waals surface area (Å²) in [5, 5.41) is 8.66. The molecule has 2 aromatic rings. The van der Waals surface area contributed by atoms with E-state index in [1.165, 1.54) is 30.3 Å². The van der Waals surface area contributed by atoms with E-state index in [0.29, 0.717) is 21.5 Å². The standard InChI is InChI=1S/C15H9BrFNO3/c16-13-7-11(17)3-6-14(13)20-9-15(19)21-12-4-1-10(8-18)2-5-12/h1-7H,9H2. The molecule has 0 saturated carbocycles. The number of ether oxygens (including phenoxy) is 2. The number of halogens is 2. The molecule has 0 aliphatic carbocycles. The number of hydrogen-bond donors (Lipinski definition) is 0. The Kier molecular flexibility index (Phi) is 4.90. The minimum atomic E-state index is -0.601. The molecular formula is C15H9BrFNO3. The highest BCUT2D eigenvalue weighted by molar-refractivity contribution is 9.10. The topological polar surface area (TPSA) is 59.3 Å². The molecule has 106 valence electrons. The van der Waals surface area contributed by atoms with Crippen molar-refractivity contribution in [1.29, 1.82) is 5.26 Å². The van der Waals surface area contributed by atoms with Gasteiger partial charge in [0.2, 0.25) is 0 Å². The fraction of sp³-hybridized carbons (Fsp3) is 0.0667. The Morgan fingerprint density at radius 3 is 2.57 bits per heavy atom. The number of carbonyl (C=O) groups excluding carboxylic acids is 1. The van der Waals surface area contributed by atoms with Crippen molar-refractivity contribution < 1.29 is 18.7 Å². The van der Waals surface area contributed by atoms with E-state index in [9.17, 15) is 9.18 Å². The van der Waals surface area contributed by atoms with Crippen molar-refractivity contribution in [1.82, 2.24) is 0 Å². The maximum Gasteiger partial charge on any atom is 0.349 e. The predicted octanol–water partition coefficient (Wildman–Crippen LogP) is 3.44. The SMILES string of the molecule is N#Cc1ccc(OC(=O)COc2ccc(F)cc2Br)cc1. The van der Waals surface area contributed by atoms with E-state index in [1.807, 2.05) is 6.07 Å². The normalized spacial score (nSPS) is 9.76. The molecule has 6 heteroatoms. The van der Waals surface area contributed by atoms with Crippen LogP contribution in [-0.2, 0) is 4.79 Å². The summed E-state index contributed by atoms with van der Waals surface area (Å²) in [6.07, 6.45) is 0. The Labute approximate surface area is 128 Å². The van der Waals surface area contributed by atoms with Crippen LogP contribution in [-0.4, -0.2) is 12.6 Å². The molecule has 2 rings (SSSR count). The van der Waals surface area contributed by atoms with Crippen molar-refractivity contribution in [3.63, 3.8) is 0 Å². The average Bonchev–Trinajstić information content (AvgIpc) is 2.47. The van der Waals surface area contributed by atoms with Gasteiger partial charge < -0.3 is 9.47 Å². The first-order chi connectivity index (χ1) is 10.1. The lowest BCUT2D eigenvalue weighted by Crippen LogP contribution is -2.17. The van der Waals surface area contributed by atoms with E-state index < -0.39 is 11.8 Å². The molecule has 21 heavy (non-hydrogen) atoms. The molecule has 0 fully saturated rings. The van der Waals surface area contributed by atoms with E-state index in [4.69, 9.17) is 14.7 Å². The van der Waals surface area contributed by atoms with Gasteiger partial charge in [-0.3, -0.25) is 0 Å². The Hall–Kier alpha value is -2.39. The van der Waals surface area contributed by atoms with Gasteiger partial charge in [0.25, 0.3) is 0 Å². The number of nitriles is 1. The van der Waals surface area contributed by atoms with Crippen LogP contribution in [0.5, 0.6) is 11.5 Å². The van der Waals surface area contributed by atoms with Gasteiger partial charge in [0.1, 0.15) is 17.3 Å². The third-order valence-corrected chi connectivity index (χ3v) is 3.07. The van der Waals surface area contributed by atoms with Crippen molar-refractivity contribution in [2.45, 2.75) is 0 Å². The van der Waals surface area contributed by atoms with Crippen LogP contribution in [0.1, 0.15) is 5.56 Å². The van der Waals surface area contributed by atoms with Gasteiger partial charge in [-0.15, -0.1) is 0 Å². The van der Waals surface area contributed by atoms with Crippen molar-refractivity contribution in [3.8, 4) is 17.6 Å². The Bertz CT molecular complexity index is 695. The summed E-state index contributed by atoms with van der Waals surface area (Å²) < 4.78 is 23.6. The van der Waals surface area contributed by atoms with Gasteiger partial charge in [0.15, 0.2) is 6.61 Å². The number of rotatable bonds is 4. The number of hydrogen-bond acceptors (Lipinski definition) is 4. The molecular weight excluding hydrogens is 341 g/mol. The van der Waals surface area contributed by atoms with Crippen LogP contribution >= 0.6 is 15.9 Å². The molecule has 0 heterocycles. The van der Waals surface area contributed by atoms with Gasteiger partial charge in [-0.05, 0) is 58.4 Å². The first kappa shape index (κ1) is 15.0. The minimum Gasteiger partial charge on any atom is -0.481 e. The number of benzene rings is 2. The maximum atomic E-state index is 12.9. The van der Waals surface area contributed by atoms with Crippen molar-refractivity contribution in [2.75, 3.05) is 6.61 Å². The van der Waals surface area contributed by atoms with E-state index >= 15 is 0 Å². The Morgan fingerprint density at radius 1 is 1.24 bits per heavy atom. The molecule has 0 radical (unpaired) electrons. The van der Waals surface area contributed by atoms with Crippen molar-refractivity contribution >= 4 is 21.9 Å². The van der Waals surface area contributed by atoms with Crippen molar-refractivity contribution in [2.24, 2.45) is 0 Å². The summed E-state index contributed by atoms with van der Waals surface area (Å²) in [6.45, 7) is -0.315. The zero-order chi connectivity index (χ0) is 15.2. The van der Waals surface area contributed by atoms with Crippen molar-refractivity contribution in [3.05, 3.63) is 58.3 Å². The molecule has 0 amide bonds. The van der Waals surface area contributed by atoms with E-state index in [-0.39, 0.29) is 6.61 Å². The third kappa shape index (κ3) is 4.29. The van der Waals surface area contributed by atoms with Gasteiger partial charge in [0, 0.05) is 0 Å². The summed E-state index contributed by atoms with van der Waals surface area (Å²) in [7, 11) is 0. The molecule has 2 aromatic carbocycles. The summed E-state index contributed by atoms with van der Waals surface area (Å²) in [4.78, 5) is 11.6. The lowest BCUT2D eigenvalue weighted by atomic mass is 10.2. The van der Waals surface area contributed by atoms with Gasteiger partial charge in [-0.1, -0.05) is 0 Å². The van der Waals surface area contributed by atoms with E-state index in [0.717, 1.165) is 0 Å². The molecule has 0 aromatic heterocycles. The monoisotopic (exact) mass is 349 g/mol. The second-order valence-corrected chi connectivity index (χ2v) is 4.83. The Balaban J connectivity index is 1.91. The summed E-state index contributed by atoms with van der Waals surface area (Å²) in [6, 6.07) is 12.0. The van der Waals surface area contributed by atoms with E-state index in [1.54, 1.807) is 12.1 Å². The molecule has 0 aliphatic rings. The highest BCUT2D eigenvalue weighted by Crippen LogP contribution is 2.25. The quantitative estimate of drug-likeness (QED) is 0.626. The fourth-order valence-electron chi connectivity index (χ4n) is 1.49. The predicted molar refractivity (Wildman–Crippen MR) is 76.4 cm³/mol. The smallest absolute Gasteiger partial charge is 0.349 e. The summed E-state index contributed by atoms with van der Waals surface area (Å²) >= 11 is 3.13. The molecule has 0 N–H and O–H groups in total. The van der Waals surface area contributed by atoms with Crippen LogP contribution in [0.15, 0.2) is 46.9 Å². The molecule has 0 saturated heterocycles. The van der Waals surface area contributed by atoms with Gasteiger partial charge >= 0.3 is 5.97 Å². The van der Waals surface area contributed by atoms with Crippen LogP contribution in [0.2, 0.25) is 0 Å². The molecule has 0 aliphatic heterocycles. The van der Waals surface area contributed by atoms with Crippen LogP contribution in [0, 0.1) is 17.1 Å².